The lowest BCUT2D eigenvalue weighted by atomic mass is 9.66. The Hall–Kier alpha value is -8.27. The van der Waals surface area contributed by atoms with Crippen LogP contribution in [0.1, 0.15) is 22.3 Å². The van der Waals surface area contributed by atoms with Gasteiger partial charge in [-0.25, -0.2) is 4.85 Å². The highest BCUT2D eigenvalue weighted by atomic mass is 16.5. The van der Waals surface area contributed by atoms with Crippen molar-refractivity contribution in [1.29, 1.82) is 0 Å². The van der Waals surface area contributed by atoms with Crippen molar-refractivity contribution in [3.8, 4) is 45.4 Å². The van der Waals surface area contributed by atoms with Crippen LogP contribution in [0, 0.1) is 6.57 Å². The normalized spacial score (nSPS) is 13.2. The molecule has 0 fully saturated rings. The molecule has 1 aliphatic carbocycles. The maximum absolute atomic E-state index is 8.46. The van der Waals surface area contributed by atoms with Crippen molar-refractivity contribution < 1.29 is 4.74 Å². The van der Waals surface area contributed by atoms with Gasteiger partial charge in [-0.05, 0) is 89.0 Å². The minimum absolute atomic E-state index is 0.586. The molecule has 11 aromatic rings. The predicted octanol–water partition coefficient (Wildman–Crippen LogP) is 13.4. The van der Waals surface area contributed by atoms with Crippen molar-refractivity contribution in [2.45, 2.75) is 5.41 Å². The molecule has 60 heavy (non-hydrogen) atoms. The van der Waals surface area contributed by atoms with Crippen molar-refractivity contribution in [2.24, 2.45) is 0 Å². The van der Waals surface area contributed by atoms with Crippen molar-refractivity contribution in [1.82, 2.24) is 19.1 Å². The monoisotopic (exact) mass is 765 g/mol. The number of nitrogens with zero attached hydrogens (tertiary/aromatic N) is 5. The van der Waals surface area contributed by atoms with Gasteiger partial charge in [0.25, 0.3) is 0 Å². The molecule has 0 saturated carbocycles. The summed E-state index contributed by atoms with van der Waals surface area (Å²) in [5.74, 6) is 1.65. The summed E-state index contributed by atoms with van der Waals surface area (Å²) in [5.41, 5.74) is 14.3. The van der Waals surface area contributed by atoms with E-state index in [9.17, 15) is 0 Å². The molecule has 278 valence electrons. The maximum Gasteiger partial charge on any atom is 0.212 e. The second kappa shape index (κ2) is 12.1. The number of fused-ring (bicyclic) bond motifs is 15. The lowest BCUT2D eigenvalue weighted by molar-refractivity contribution is 0.436. The van der Waals surface area contributed by atoms with Crippen molar-refractivity contribution >= 4 is 49.3 Å². The van der Waals surface area contributed by atoms with Crippen LogP contribution in [-0.4, -0.2) is 19.1 Å². The zero-order valence-electron chi connectivity index (χ0n) is 32.0. The Labute approximate surface area is 344 Å². The van der Waals surface area contributed by atoms with Crippen LogP contribution in [0.5, 0.6) is 11.5 Å². The first-order valence-corrected chi connectivity index (χ1v) is 20.1. The lowest BCUT2D eigenvalue weighted by Gasteiger charge is -2.39. The zero-order valence-corrected chi connectivity index (χ0v) is 32.0. The Morgan fingerprint density at radius 1 is 0.450 bits per heavy atom. The number of hydrogen-bond donors (Lipinski definition) is 0. The molecular formula is C54H31N5O. The number of benzene rings is 7. The van der Waals surface area contributed by atoms with Gasteiger partial charge in [-0.1, -0.05) is 109 Å². The summed E-state index contributed by atoms with van der Waals surface area (Å²) in [7, 11) is 0. The number of rotatable bonds is 3. The molecule has 0 saturated heterocycles. The number of ether oxygens (including phenoxy) is 1. The molecule has 5 heterocycles. The molecule has 4 aromatic heterocycles. The van der Waals surface area contributed by atoms with Gasteiger partial charge in [-0.3, -0.25) is 9.97 Å². The van der Waals surface area contributed by atoms with Gasteiger partial charge in [0, 0.05) is 45.1 Å². The highest BCUT2D eigenvalue weighted by Gasteiger charge is 2.52. The van der Waals surface area contributed by atoms with Crippen LogP contribution in [0.25, 0.3) is 82.3 Å². The third kappa shape index (κ3) is 4.20. The van der Waals surface area contributed by atoms with Crippen LogP contribution < -0.4 is 4.74 Å². The topological polar surface area (TPSA) is 49.2 Å². The number of hydrogen-bond acceptors (Lipinski definition) is 3. The smallest absolute Gasteiger partial charge is 0.212 e. The van der Waals surface area contributed by atoms with Crippen LogP contribution in [0.4, 0.5) is 5.69 Å². The minimum Gasteiger partial charge on any atom is -0.457 e. The van der Waals surface area contributed by atoms with Crippen molar-refractivity contribution in [3.05, 3.63) is 222 Å². The molecule has 0 N–H and O–H groups in total. The van der Waals surface area contributed by atoms with Crippen molar-refractivity contribution in [2.75, 3.05) is 0 Å². The van der Waals surface area contributed by atoms with Gasteiger partial charge in [0.05, 0.1) is 56.8 Å². The first-order valence-electron chi connectivity index (χ1n) is 20.1. The summed E-state index contributed by atoms with van der Waals surface area (Å²) in [6.07, 6.45) is 3.71. The standard InChI is InChI=1S/C54H31N5O/c1-55-43-19-10-23-48(58-44-20-6-2-13-35(44)36-14-3-7-21-45(36)58)53(43)59-46-22-8-4-15-37(46)38-31-33(25-27-47(38)59)34-26-28-50-42(32-34)54(39-16-5-9-24-49(39)60-50)40-17-11-29-56-51(40)52-41(54)18-12-30-57-52/h2-32H. The van der Waals surface area contributed by atoms with E-state index in [1.807, 2.05) is 42.7 Å². The summed E-state index contributed by atoms with van der Waals surface area (Å²) in [4.78, 5) is 14.0. The van der Waals surface area contributed by atoms with E-state index in [0.29, 0.717) is 5.69 Å². The van der Waals surface area contributed by atoms with Gasteiger partial charge < -0.3 is 13.9 Å². The average molecular weight is 766 g/mol. The highest BCUT2D eigenvalue weighted by Crippen LogP contribution is 2.61. The molecule has 0 amide bonds. The molecule has 1 spiro atoms. The molecule has 0 radical (unpaired) electrons. The summed E-state index contributed by atoms with van der Waals surface area (Å²) >= 11 is 0. The van der Waals surface area contributed by atoms with E-state index in [1.54, 1.807) is 0 Å². The summed E-state index contributed by atoms with van der Waals surface area (Å²) in [6, 6.07) is 61.8. The van der Waals surface area contributed by atoms with Gasteiger partial charge in [-0.15, -0.1) is 0 Å². The van der Waals surface area contributed by atoms with Gasteiger partial charge in [-0.2, -0.15) is 0 Å². The molecule has 0 bridgehead atoms. The van der Waals surface area contributed by atoms with E-state index < -0.39 is 5.41 Å². The summed E-state index contributed by atoms with van der Waals surface area (Å²) in [6.45, 7) is 8.46. The van der Waals surface area contributed by atoms with Crippen LogP contribution >= 0.6 is 0 Å². The minimum atomic E-state index is -0.666. The van der Waals surface area contributed by atoms with E-state index in [2.05, 4.69) is 160 Å². The molecule has 6 nitrogen and oxygen atoms in total. The van der Waals surface area contributed by atoms with Crippen LogP contribution in [0.2, 0.25) is 0 Å². The Bertz CT molecular complexity index is 3580. The number of para-hydroxylation sites is 5. The molecule has 0 atom stereocenters. The largest absolute Gasteiger partial charge is 0.457 e. The van der Waals surface area contributed by atoms with Crippen LogP contribution in [-0.2, 0) is 5.41 Å². The molecule has 13 rings (SSSR count). The molecule has 6 heteroatoms. The molecule has 0 unspecified atom stereocenters. The quantitative estimate of drug-likeness (QED) is 0.168. The van der Waals surface area contributed by atoms with Gasteiger partial charge in [0.1, 0.15) is 11.5 Å². The van der Waals surface area contributed by atoms with Crippen LogP contribution in [0.3, 0.4) is 0 Å². The van der Waals surface area contributed by atoms with Gasteiger partial charge in [0.2, 0.25) is 5.69 Å². The fourth-order valence-electron chi connectivity index (χ4n) is 10.3. The lowest BCUT2D eigenvalue weighted by Crippen LogP contribution is -2.32. The Morgan fingerprint density at radius 3 is 1.70 bits per heavy atom. The third-order valence-electron chi connectivity index (χ3n) is 12.7. The second-order valence-corrected chi connectivity index (χ2v) is 15.6. The fraction of sp³-hybridized carbons (Fsp3) is 0.0185. The number of pyridine rings is 2. The number of aromatic nitrogens is 4. The van der Waals surface area contributed by atoms with Gasteiger partial charge >= 0.3 is 0 Å². The summed E-state index contributed by atoms with van der Waals surface area (Å²) < 4.78 is 11.3. The Balaban J connectivity index is 1.05. The molecule has 1 aliphatic heterocycles. The molecule has 7 aromatic carbocycles. The Morgan fingerprint density at radius 2 is 1.00 bits per heavy atom. The SMILES string of the molecule is [C-]#[N+]c1cccc(-n2c3ccccc3c3ccccc32)c1-n1c2ccccc2c2cc(-c3ccc4c(c3)C3(c5ccccc5O4)c4cccnc4-c4ncccc43)ccc21. The van der Waals surface area contributed by atoms with Crippen molar-refractivity contribution in [3.63, 3.8) is 0 Å². The first-order chi connectivity index (χ1) is 29.7. The predicted molar refractivity (Wildman–Crippen MR) is 240 cm³/mol. The second-order valence-electron chi connectivity index (χ2n) is 15.6. The van der Waals surface area contributed by atoms with E-state index in [0.717, 1.165) is 100 Å². The maximum atomic E-state index is 8.46. The fourth-order valence-corrected chi connectivity index (χ4v) is 10.3. The van der Waals surface area contributed by atoms with Crippen LogP contribution in [0.15, 0.2) is 188 Å². The molecule has 2 aliphatic rings. The zero-order chi connectivity index (χ0) is 39.5. The van der Waals surface area contributed by atoms with Gasteiger partial charge in [0.15, 0.2) is 0 Å². The third-order valence-corrected chi connectivity index (χ3v) is 12.7. The van der Waals surface area contributed by atoms with E-state index in [-0.39, 0.29) is 0 Å². The Kier molecular flexibility index (Phi) is 6.62. The van der Waals surface area contributed by atoms with E-state index in [4.69, 9.17) is 21.3 Å². The molecular weight excluding hydrogens is 735 g/mol. The highest BCUT2D eigenvalue weighted by molar-refractivity contribution is 6.13. The first kappa shape index (κ1) is 32.8. The van der Waals surface area contributed by atoms with E-state index >= 15 is 0 Å². The average Bonchev–Trinajstić information content (AvgIpc) is 3.93. The van der Waals surface area contributed by atoms with E-state index in [1.165, 1.54) is 10.8 Å². The summed E-state index contributed by atoms with van der Waals surface area (Å²) in [5, 5.41) is 4.58.